The van der Waals surface area contributed by atoms with E-state index in [0.717, 1.165) is 6.04 Å². The lowest BCUT2D eigenvalue weighted by Gasteiger charge is -2.14. The van der Waals surface area contributed by atoms with Crippen molar-refractivity contribution >= 4 is 0 Å². The first-order valence-corrected chi connectivity index (χ1v) is 5.58. The summed E-state index contributed by atoms with van der Waals surface area (Å²) >= 11 is 0. The van der Waals surface area contributed by atoms with E-state index in [9.17, 15) is 0 Å². The summed E-state index contributed by atoms with van der Waals surface area (Å²) in [6.07, 6.45) is 5.15. The van der Waals surface area contributed by atoms with Crippen LogP contribution in [0.1, 0.15) is 60.3 Å². The van der Waals surface area contributed by atoms with Crippen molar-refractivity contribution in [2.45, 2.75) is 66.3 Å². The first-order valence-electron chi connectivity index (χ1n) is 5.58. The van der Waals surface area contributed by atoms with Gasteiger partial charge in [-0.3, -0.25) is 0 Å². The number of hydrogen-bond acceptors (Lipinski definition) is 1. The molecule has 0 aliphatic rings. The third-order valence-electron chi connectivity index (χ3n) is 1.81. The van der Waals surface area contributed by atoms with E-state index in [2.05, 4.69) is 26.1 Å². The van der Waals surface area contributed by atoms with Gasteiger partial charge in [-0.2, -0.15) is 0 Å². The van der Waals surface area contributed by atoms with E-state index < -0.39 is 0 Å². The fraction of sp³-hybridized carbons (Fsp3) is 1.00. The van der Waals surface area contributed by atoms with Crippen LogP contribution in [0.5, 0.6) is 0 Å². The van der Waals surface area contributed by atoms with E-state index in [1.54, 1.807) is 0 Å². The SMILES string of the molecule is CC.CCCNC(CC)CCC. The summed E-state index contributed by atoms with van der Waals surface area (Å²) in [7, 11) is 0. The third-order valence-corrected chi connectivity index (χ3v) is 1.81. The summed E-state index contributed by atoms with van der Waals surface area (Å²) in [5.41, 5.74) is 0. The highest BCUT2D eigenvalue weighted by Crippen LogP contribution is 1.99. The minimum Gasteiger partial charge on any atom is -0.314 e. The van der Waals surface area contributed by atoms with E-state index in [0.29, 0.717) is 0 Å². The molecule has 1 atom stereocenters. The van der Waals surface area contributed by atoms with Crippen LogP contribution in [-0.2, 0) is 0 Å². The quantitative estimate of drug-likeness (QED) is 0.647. The molecule has 0 aliphatic carbocycles. The molecule has 0 heterocycles. The van der Waals surface area contributed by atoms with Crippen LogP contribution >= 0.6 is 0 Å². The van der Waals surface area contributed by atoms with Crippen LogP contribution in [0, 0.1) is 0 Å². The summed E-state index contributed by atoms with van der Waals surface area (Å²) < 4.78 is 0. The molecule has 0 saturated carbocycles. The largest absolute Gasteiger partial charge is 0.314 e. The van der Waals surface area contributed by atoms with Crippen LogP contribution in [-0.4, -0.2) is 12.6 Å². The molecule has 0 bridgehead atoms. The lowest BCUT2D eigenvalue weighted by molar-refractivity contribution is 0.464. The van der Waals surface area contributed by atoms with Gasteiger partial charge in [-0.25, -0.2) is 0 Å². The molecular formula is C11H27N. The second-order valence-electron chi connectivity index (χ2n) is 2.85. The predicted molar refractivity (Wildman–Crippen MR) is 58.6 cm³/mol. The molecule has 0 aromatic rings. The zero-order valence-corrected chi connectivity index (χ0v) is 9.61. The molecule has 1 nitrogen and oxygen atoms in total. The molecule has 0 aromatic carbocycles. The fourth-order valence-electron chi connectivity index (χ4n) is 1.15. The standard InChI is InChI=1S/C9H21N.C2H6/c1-4-7-9(6-3)10-8-5-2;1-2/h9-10H,4-8H2,1-3H3;1-2H3. The van der Waals surface area contributed by atoms with Crippen LogP contribution in [0.25, 0.3) is 0 Å². The molecule has 1 N–H and O–H groups in total. The van der Waals surface area contributed by atoms with Crippen molar-refractivity contribution in [3.05, 3.63) is 0 Å². The van der Waals surface area contributed by atoms with Crippen molar-refractivity contribution in [1.29, 1.82) is 0 Å². The zero-order valence-electron chi connectivity index (χ0n) is 9.61. The molecule has 0 amide bonds. The van der Waals surface area contributed by atoms with E-state index in [1.165, 1.54) is 32.2 Å². The molecule has 76 valence electrons. The molecule has 0 fully saturated rings. The predicted octanol–water partition coefficient (Wildman–Crippen LogP) is 3.59. The van der Waals surface area contributed by atoms with Crippen LogP contribution in [0.4, 0.5) is 0 Å². The monoisotopic (exact) mass is 173 g/mol. The van der Waals surface area contributed by atoms with E-state index in [1.807, 2.05) is 13.8 Å². The van der Waals surface area contributed by atoms with Gasteiger partial charge in [0, 0.05) is 6.04 Å². The Morgan fingerprint density at radius 2 is 1.58 bits per heavy atom. The van der Waals surface area contributed by atoms with Gasteiger partial charge in [0.15, 0.2) is 0 Å². The van der Waals surface area contributed by atoms with Crippen molar-refractivity contribution in [2.75, 3.05) is 6.54 Å². The Morgan fingerprint density at radius 1 is 1.00 bits per heavy atom. The van der Waals surface area contributed by atoms with Gasteiger partial charge in [0.25, 0.3) is 0 Å². The van der Waals surface area contributed by atoms with Crippen molar-refractivity contribution in [2.24, 2.45) is 0 Å². The molecule has 12 heavy (non-hydrogen) atoms. The summed E-state index contributed by atoms with van der Waals surface area (Å²) in [6.45, 7) is 11.9. The van der Waals surface area contributed by atoms with Gasteiger partial charge in [-0.15, -0.1) is 0 Å². The van der Waals surface area contributed by atoms with E-state index in [-0.39, 0.29) is 0 Å². The molecular weight excluding hydrogens is 146 g/mol. The van der Waals surface area contributed by atoms with Crippen LogP contribution < -0.4 is 5.32 Å². The van der Waals surface area contributed by atoms with Gasteiger partial charge in [0.05, 0.1) is 0 Å². The normalized spacial score (nSPS) is 11.8. The first-order chi connectivity index (χ1) is 5.85. The van der Waals surface area contributed by atoms with Gasteiger partial charge in [-0.1, -0.05) is 41.0 Å². The highest BCUT2D eigenvalue weighted by atomic mass is 14.9. The average molecular weight is 173 g/mol. The Bertz CT molecular complexity index is 62.0. The van der Waals surface area contributed by atoms with E-state index >= 15 is 0 Å². The number of hydrogen-bond donors (Lipinski definition) is 1. The topological polar surface area (TPSA) is 12.0 Å². The lowest BCUT2D eigenvalue weighted by atomic mass is 10.1. The van der Waals surface area contributed by atoms with Crippen LogP contribution in [0.2, 0.25) is 0 Å². The Labute approximate surface area is 78.9 Å². The van der Waals surface area contributed by atoms with Crippen molar-refractivity contribution in [3.63, 3.8) is 0 Å². The second kappa shape index (κ2) is 13.5. The number of nitrogens with one attached hydrogen (secondary N) is 1. The van der Waals surface area contributed by atoms with Gasteiger partial charge in [0.2, 0.25) is 0 Å². The molecule has 0 aromatic heterocycles. The van der Waals surface area contributed by atoms with Gasteiger partial charge < -0.3 is 5.32 Å². The maximum Gasteiger partial charge on any atom is 0.00643 e. The van der Waals surface area contributed by atoms with E-state index in [4.69, 9.17) is 0 Å². The molecule has 0 saturated heterocycles. The Morgan fingerprint density at radius 3 is 1.92 bits per heavy atom. The second-order valence-corrected chi connectivity index (χ2v) is 2.85. The molecule has 1 unspecified atom stereocenters. The first kappa shape index (κ1) is 14.5. The van der Waals surface area contributed by atoms with Crippen LogP contribution in [0.3, 0.4) is 0 Å². The minimum absolute atomic E-state index is 0.768. The van der Waals surface area contributed by atoms with Crippen molar-refractivity contribution in [1.82, 2.24) is 5.32 Å². The number of rotatable bonds is 6. The molecule has 0 rings (SSSR count). The summed E-state index contributed by atoms with van der Waals surface area (Å²) in [4.78, 5) is 0. The highest BCUT2D eigenvalue weighted by Gasteiger charge is 2.00. The van der Waals surface area contributed by atoms with Crippen molar-refractivity contribution < 1.29 is 0 Å². The molecule has 1 heteroatoms. The maximum atomic E-state index is 3.52. The molecule has 0 spiro atoms. The van der Waals surface area contributed by atoms with Gasteiger partial charge in [-0.05, 0) is 25.8 Å². The van der Waals surface area contributed by atoms with Crippen LogP contribution in [0.15, 0.2) is 0 Å². The van der Waals surface area contributed by atoms with Crippen molar-refractivity contribution in [3.8, 4) is 0 Å². The summed E-state index contributed by atoms with van der Waals surface area (Å²) in [6, 6.07) is 0.768. The summed E-state index contributed by atoms with van der Waals surface area (Å²) in [5, 5.41) is 3.52. The molecule has 0 radical (unpaired) electrons. The smallest absolute Gasteiger partial charge is 0.00643 e. The average Bonchev–Trinajstić information content (AvgIpc) is 2.15. The zero-order chi connectivity index (χ0) is 9.82. The highest BCUT2D eigenvalue weighted by molar-refractivity contribution is 4.62. The Kier molecular flexibility index (Phi) is 16.3. The molecule has 0 aliphatic heterocycles. The summed E-state index contributed by atoms with van der Waals surface area (Å²) in [5.74, 6) is 0. The van der Waals surface area contributed by atoms with Gasteiger partial charge >= 0.3 is 0 Å². The van der Waals surface area contributed by atoms with Gasteiger partial charge in [0.1, 0.15) is 0 Å². The Hall–Kier alpha value is -0.0400. The third kappa shape index (κ3) is 9.96. The maximum absolute atomic E-state index is 3.52. The Balaban J connectivity index is 0. The fourth-order valence-corrected chi connectivity index (χ4v) is 1.15. The lowest BCUT2D eigenvalue weighted by Crippen LogP contribution is -2.28. The minimum atomic E-state index is 0.768.